The Labute approximate surface area is 186 Å². The van der Waals surface area contributed by atoms with E-state index in [9.17, 15) is 9.59 Å². The zero-order valence-corrected chi connectivity index (χ0v) is 18.8. The normalized spacial score (nSPS) is 10.9. The van der Waals surface area contributed by atoms with Crippen LogP contribution in [-0.2, 0) is 4.79 Å². The number of aryl methyl sites for hydroxylation is 2. The Morgan fingerprint density at radius 1 is 1.00 bits per heavy atom. The second-order valence-electron chi connectivity index (χ2n) is 6.81. The molecule has 0 unspecified atom stereocenters. The molecule has 0 aliphatic heterocycles. The number of carbonyl (C=O) groups is 2. The number of anilines is 2. The summed E-state index contributed by atoms with van der Waals surface area (Å²) in [5, 5.41) is 7.73. The lowest BCUT2D eigenvalue weighted by Gasteiger charge is -2.06. The van der Waals surface area contributed by atoms with Gasteiger partial charge in [-0.2, -0.15) is 0 Å². The Balaban J connectivity index is 1.38. The predicted octanol–water partition coefficient (Wildman–Crippen LogP) is 5.96. The maximum atomic E-state index is 12.3. The predicted molar refractivity (Wildman–Crippen MR) is 127 cm³/mol. The Morgan fingerprint density at radius 2 is 1.80 bits per heavy atom. The molecule has 4 rings (SSSR count). The maximum absolute atomic E-state index is 12.3. The van der Waals surface area contributed by atoms with Gasteiger partial charge in [0.1, 0.15) is 0 Å². The molecule has 2 heterocycles. The van der Waals surface area contributed by atoms with E-state index in [0.29, 0.717) is 4.88 Å². The number of nitrogens with zero attached hydrogens (tertiary/aromatic N) is 1. The molecule has 5 nitrogen and oxygen atoms in total. The number of thiophene rings is 1. The van der Waals surface area contributed by atoms with Crippen LogP contribution >= 0.6 is 34.4 Å². The summed E-state index contributed by atoms with van der Waals surface area (Å²) in [6, 6.07) is 15.3. The maximum Gasteiger partial charge on any atom is 0.265 e. The standard InChI is InChI=1S/C22H19N3O2S3/c1-13-8-14(2)10-16(9-13)23-20(26)12-29-22-25-17-6-5-15(11-19(17)30-22)24-21(27)18-4-3-7-28-18/h3-11H,12H2,1-2H3,(H,23,26)(H,24,27). The van der Waals surface area contributed by atoms with E-state index in [1.54, 1.807) is 6.07 Å². The smallest absolute Gasteiger partial charge is 0.265 e. The summed E-state index contributed by atoms with van der Waals surface area (Å²) in [4.78, 5) is 29.8. The molecule has 0 radical (unpaired) electrons. The Morgan fingerprint density at radius 3 is 2.53 bits per heavy atom. The minimum atomic E-state index is -0.119. The molecule has 152 valence electrons. The summed E-state index contributed by atoms with van der Waals surface area (Å²) in [6.07, 6.45) is 0. The lowest BCUT2D eigenvalue weighted by atomic mass is 10.1. The Hall–Kier alpha value is -2.68. The van der Waals surface area contributed by atoms with Crippen molar-refractivity contribution in [2.45, 2.75) is 18.2 Å². The third-order valence-corrected chi connectivity index (χ3v) is 7.23. The summed E-state index contributed by atoms with van der Waals surface area (Å²) < 4.78 is 1.79. The molecule has 0 saturated heterocycles. The van der Waals surface area contributed by atoms with Gasteiger partial charge in [0.2, 0.25) is 5.91 Å². The largest absolute Gasteiger partial charge is 0.325 e. The van der Waals surface area contributed by atoms with Crippen molar-refractivity contribution >= 4 is 67.8 Å². The van der Waals surface area contributed by atoms with Gasteiger partial charge in [0.25, 0.3) is 5.91 Å². The van der Waals surface area contributed by atoms with Gasteiger partial charge >= 0.3 is 0 Å². The molecule has 2 N–H and O–H groups in total. The van der Waals surface area contributed by atoms with Crippen LogP contribution in [-0.4, -0.2) is 22.6 Å². The number of rotatable bonds is 6. The summed E-state index contributed by atoms with van der Waals surface area (Å²) in [6.45, 7) is 4.02. The number of thiazole rings is 1. The highest BCUT2D eigenvalue weighted by atomic mass is 32.2. The van der Waals surface area contributed by atoms with Gasteiger partial charge in [-0.15, -0.1) is 22.7 Å². The summed E-state index contributed by atoms with van der Waals surface area (Å²) in [5.41, 5.74) is 4.63. The number of fused-ring (bicyclic) bond motifs is 1. The topological polar surface area (TPSA) is 71.1 Å². The van der Waals surface area contributed by atoms with E-state index in [1.807, 2.05) is 55.6 Å². The number of aromatic nitrogens is 1. The zero-order chi connectivity index (χ0) is 21.1. The van der Waals surface area contributed by atoms with Crippen LogP contribution in [0.4, 0.5) is 11.4 Å². The summed E-state index contributed by atoms with van der Waals surface area (Å²) in [5.74, 6) is 0.106. The number of thioether (sulfide) groups is 1. The van der Waals surface area contributed by atoms with Crippen LogP contribution in [0.2, 0.25) is 0 Å². The van der Waals surface area contributed by atoms with Gasteiger partial charge in [-0.1, -0.05) is 23.9 Å². The van der Waals surface area contributed by atoms with E-state index >= 15 is 0 Å². The van der Waals surface area contributed by atoms with Gasteiger partial charge in [0, 0.05) is 11.4 Å². The number of hydrogen-bond donors (Lipinski definition) is 2. The Bertz CT molecular complexity index is 1200. The van der Waals surface area contributed by atoms with Gasteiger partial charge in [-0.3, -0.25) is 9.59 Å². The van der Waals surface area contributed by atoms with Crippen molar-refractivity contribution < 1.29 is 9.59 Å². The molecule has 2 amide bonds. The molecular formula is C22H19N3O2S3. The molecule has 0 fully saturated rings. The summed E-state index contributed by atoms with van der Waals surface area (Å²) in [7, 11) is 0. The fourth-order valence-corrected chi connectivity index (χ4v) is 5.54. The fourth-order valence-electron chi connectivity index (χ4n) is 3.01. The molecule has 0 bridgehead atoms. The van der Waals surface area contributed by atoms with Crippen LogP contribution in [0.1, 0.15) is 20.8 Å². The van der Waals surface area contributed by atoms with Crippen LogP contribution in [0.5, 0.6) is 0 Å². The molecule has 0 aliphatic rings. The van der Waals surface area contributed by atoms with Gasteiger partial charge in [0.05, 0.1) is 20.8 Å². The highest BCUT2D eigenvalue weighted by molar-refractivity contribution is 8.01. The summed E-state index contributed by atoms with van der Waals surface area (Å²) >= 11 is 4.33. The monoisotopic (exact) mass is 453 g/mol. The quantitative estimate of drug-likeness (QED) is 0.354. The molecule has 30 heavy (non-hydrogen) atoms. The van der Waals surface area contributed by atoms with E-state index in [1.165, 1.54) is 34.4 Å². The molecule has 2 aromatic heterocycles. The van der Waals surface area contributed by atoms with Crippen molar-refractivity contribution in [2.24, 2.45) is 0 Å². The lowest BCUT2D eigenvalue weighted by molar-refractivity contribution is -0.113. The van der Waals surface area contributed by atoms with Crippen LogP contribution in [0, 0.1) is 13.8 Å². The first-order valence-corrected chi connectivity index (χ1v) is 11.9. The molecule has 0 aliphatic carbocycles. The van der Waals surface area contributed by atoms with Crippen molar-refractivity contribution in [3.05, 3.63) is 69.9 Å². The second kappa shape index (κ2) is 8.99. The van der Waals surface area contributed by atoms with Crippen LogP contribution in [0.3, 0.4) is 0 Å². The third-order valence-electron chi connectivity index (χ3n) is 4.20. The van der Waals surface area contributed by atoms with Gasteiger partial charge in [-0.05, 0) is 66.8 Å². The van der Waals surface area contributed by atoms with Crippen molar-refractivity contribution in [3.8, 4) is 0 Å². The number of carbonyl (C=O) groups excluding carboxylic acids is 2. The molecule has 4 aromatic rings. The molecule has 0 saturated carbocycles. The van der Waals surface area contributed by atoms with Crippen LogP contribution in [0.25, 0.3) is 10.2 Å². The Kier molecular flexibility index (Phi) is 6.17. The van der Waals surface area contributed by atoms with Crippen molar-refractivity contribution in [3.63, 3.8) is 0 Å². The first kappa shape index (κ1) is 20.6. The van der Waals surface area contributed by atoms with E-state index in [4.69, 9.17) is 0 Å². The fraction of sp³-hybridized carbons (Fsp3) is 0.136. The molecule has 8 heteroatoms. The molecular weight excluding hydrogens is 434 g/mol. The number of hydrogen-bond acceptors (Lipinski definition) is 6. The minimum Gasteiger partial charge on any atom is -0.325 e. The number of benzene rings is 2. The van der Waals surface area contributed by atoms with Crippen molar-refractivity contribution in [2.75, 3.05) is 16.4 Å². The van der Waals surface area contributed by atoms with Gasteiger partial charge < -0.3 is 10.6 Å². The first-order valence-electron chi connectivity index (χ1n) is 9.23. The number of amides is 2. The van der Waals surface area contributed by atoms with E-state index in [0.717, 1.165) is 37.1 Å². The average Bonchev–Trinajstić information content (AvgIpc) is 3.35. The van der Waals surface area contributed by atoms with Crippen molar-refractivity contribution in [1.29, 1.82) is 0 Å². The minimum absolute atomic E-state index is 0.0619. The lowest BCUT2D eigenvalue weighted by Crippen LogP contribution is -2.14. The SMILES string of the molecule is Cc1cc(C)cc(NC(=O)CSc2nc3ccc(NC(=O)c4cccs4)cc3s2)c1. The van der Waals surface area contributed by atoms with Crippen LogP contribution in [0.15, 0.2) is 58.3 Å². The highest BCUT2D eigenvalue weighted by Crippen LogP contribution is 2.31. The molecule has 0 spiro atoms. The highest BCUT2D eigenvalue weighted by Gasteiger charge is 2.11. The number of nitrogens with one attached hydrogen (secondary N) is 2. The third kappa shape index (κ3) is 5.08. The van der Waals surface area contributed by atoms with E-state index in [-0.39, 0.29) is 17.6 Å². The van der Waals surface area contributed by atoms with Crippen molar-refractivity contribution in [1.82, 2.24) is 4.98 Å². The molecule has 2 aromatic carbocycles. The first-order chi connectivity index (χ1) is 14.5. The zero-order valence-electron chi connectivity index (χ0n) is 16.4. The second-order valence-corrected chi connectivity index (χ2v) is 10.0. The molecule has 0 atom stereocenters. The van der Waals surface area contributed by atoms with E-state index < -0.39 is 0 Å². The average molecular weight is 454 g/mol. The van der Waals surface area contributed by atoms with E-state index in [2.05, 4.69) is 21.7 Å². The van der Waals surface area contributed by atoms with Gasteiger partial charge in [0.15, 0.2) is 4.34 Å². The van der Waals surface area contributed by atoms with Gasteiger partial charge in [-0.25, -0.2) is 4.98 Å². The van der Waals surface area contributed by atoms with Crippen LogP contribution < -0.4 is 10.6 Å².